The van der Waals surface area contributed by atoms with E-state index in [9.17, 15) is 22.8 Å². The van der Waals surface area contributed by atoms with Crippen molar-refractivity contribution < 1.29 is 32.3 Å². The number of esters is 1. The van der Waals surface area contributed by atoms with Crippen molar-refractivity contribution in [3.63, 3.8) is 0 Å². The topological polar surface area (TPSA) is 131 Å². The number of sulfonamides is 1. The van der Waals surface area contributed by atoms with Gasteiger partial charge in [-0.25, -0.2) is 13.2 Å². The maximum absolute atomic E-state index is 12.9. The van der Waals surface area contributed by atoms with Gasteiger partial charge in [-0.15, -0.1) is 0 Å². The van der Waals surface area contributed by atoms with Gasteiger partial charge in [0.1, 0.15) is 6.04 Å². The Balaban J connectivity index is 2.04. The smallest absolute Gasteiger partial charge is 0.329 e. The SMILES string of the molecule is CCCCNC(=O)COC(=O)[C@@H](NC(=O)c1cccc(S(=O)(=O)N2CCOCC2)c1)C(C)C. The van der Waals surface area contributed by atoms with Crippen molar-refractivity contribution >= 4 is 27.8 Å². The fraction of sp³-hybridized carbons (Fsp3) is 0.591. The van der Waals surface area contributed by atoms with Crippen LogP contribution >= 0.6 is 0 Å². The molecule has 10 nitrogen and oxygen atoms in total. The van der Waals surface area contributed by atoms with Crippen LogP contribution in [-0.4, -0.2) is 76.0 Å². The minimum atomic E-state index is -3.77. The first-order valence-electron chi connectivity index (χ1n) is 11.1. The average Bonchev–Trinajstić information content (AvgIpc) is 2.81. The summed E-state index contributed by atoms with van der Waals surface area (Å²) in [4.78, 5) is 37.1. The number of benzene rings is 1. The third-order valence-corrected chi connectivity index (χ3v) is 7.00. The molecule has 1 fully saturated rings. The van der Waals surface area contributed by atoms with Gasteiger partial charge in [-0.2, -0.15) is 4.31 Å². The van der Waals surface area contributed by atoms with Crippen LogP contribution in [0, 0.1) is 5.92 Å². The molecule has 0 aromatic heterocycles. The van der Waals surface area contributed by atoms with Gasteiger partial charge in [0, 0.05) is 25.2 Å². The Morgan fingerprint density at radius 3 is 2.52 bits per heavy atom. The fourth-order valence-electron chi connectivity index (χ4n) is 3.14. The Morgan fingerprint density at radius 1 is 1.18 bits per heavy atom. The highest BCUT2D eigenvalue weighted by Crippen LogP contribution is 2.19. The molecule has 11 heteroatoms. The van der Waals surface area contributed by atoms with Crippen LogP contribution in [0.4, 0.5) is 0 Å². The molecule has 0 spiro atoms. The quantitative estimate of drug-likeness (QED) is 0.353. The molecule has 1 heterocycles. The van der Waals surface area contributed by atoms with E-state index in [0.717, 1.165) is 12.8 Å². The Bertz CT molecular complexity index is 928. The molecule has 1 aliphatic heterocycles. The molecule has 2 N–H and O–H groups in total. The number of carbonyl (C=O) groups excluding carboxylic acids is 3. The van der Waals surface area contributed by atoms with Gasteiger partial charge in [0.05, 0.1) is 18.1 Å². The first-order chi connectivity index (χ1) is 15.7. The van der Waals surface area contributed by atoms with Gasteiger partial charge in [0.25, 0.3) is 11.8 Å². The van der Waals surface area contributed by atoms with Crippen molar-refractivity contribution in [1.82, 2.24) is 14.9 Å². The van der Waals surface area contributed by atoms with Crippen LogP contribution in [0.5, 0.6) is 0 Å². The number of hydrogen-bond donors (Lipinski definition) is 2. The standard InChI is InChI=1S/C22H33N3O7S/c1-4-5-9-23-19(26)15-32-22(28)20(16(2)3)24-21(27)17-7-6-8-18(14-17)33(29,30)25-10-12-31-13-11-25/h6-8,14,16,20H,4-5,9-13,15H2,1-3H3,(H,23,26)(H,24,27)/t20-/m0/s1. The van der Waals surface area contributed by atoms with Crippen LogP contribution in [0.1, 0.15) is 44.0 Å². The Kier molecular flexibility index (Phi) is 10.3. The van der Waals surface area contributed by atoms with Crippen molar-refractivity contribution in [1.29, 1.82) is 0 Å². The number of nitrogens with one attached hydrogen (secondary N) is 2. The Labute approximate surface area is 195 Å². The number of amides is 2. The number of carbonyl (C=O) groups is 3. The summed E-state index contributed by atoms with van der Waals surface area (Å²) in [7, 11) is -3.77. The van der Waals surface area contributed by atoms with E-state index in [4.69, 9.17) is 9.47 Å². The van der Waals surface area contributed by atoms with Gasteiger partial charge in [-0.3, -0.25) is 9.59 Å². The molecule has 1 aliphatic rings. The molecule has 33 heavy (non-hydrogen) atoms. The lowest BCUT2D eigenvalue weighted by atomic mass is 10.0. The third kappa shape index (κ3) is 7.79. The second kappa shape index (κ2) is 12.7. The highest BCUT2D eigenvalue weighted by atomic mass is 32.2. The predicted molar refractivity (Wildman–Crippen MR) is 121 cm³/mol. The number of ether oxygens (including phenoxy) is 2. The number of unbranched alkanes of at least 4 members (excludes halogenated alkanes) is 1. The molecule has 0 aliphatic carbocycles. The summed E-state index contributed by atoms with van der Waals surface area (Å²) in [5, 5.41) is 5.24. The fourth-order valence-corrected chi connectivity index (χ4v) is 4.59. The van der Waals surface area contributed by atoms with Crippen molar-refractivity contribution in [3.05, 3.63) is 29.8 Å². The lowest BCUT2D eigenvalue weighted by Gasteiger charge is -2.26. The first-order valence-corrected chi connectivity index (χ1v) is 12.5. The highest BCUT2D eigenvalue weighted by Gasteiger charge is 2.29. The molecule has 1 aromatic rings. The number of rotatable bonds is 11. The van der Waals surface area contributed by atoms with Gasteiger partial charge in [-0.05, 0) is 30.5 Å². The molecule has 1 saturated heterocycles. The van der Waals surface area contributed by atoms with E-state index in [2.05, 4.69) is 10.6 Å². The van der Waals surface area contributed by atoms with E-state index in [-0.39, 0.29) is 29.5 Å². The van der Waals surface area contributed by atoms with E-state index in [1.807, 2.05) is 6.92 Å². The van der Waals surface area contributed by atoms with Gasteiger partial charge in [-0.1, -0.05) is 33.3 Å². The summed E-state index contributed by atoms with van der Waals surface area (Å²) in [5.41, 5.74) is 0.0973. The summed E-state index contributed by atoms with van der Waals surface area (Å²) >= 11 is 0. The first kappa shape index (κ1) is 26.7. The van der Waals surface area contributed by atoms with Crippen LogP contribution in [0.3, 0.4) is 0 Å². The van der Waals surface area contributed by atoms with Crippen LogP contribution < -0.4 is 10.6 Å². The van der Waals surface area contributed by atoms with Crippen molar-refractivity contribution in [2.75, 3.05) is 39.5 Å². The zero-order chi connectivity index (χ0) is 24.4. The van der Waals surface area contributed by atoms with Gasteiger partial charge in [0.2, 0.25) is 10.0 Å². The van der Waals surface area contributed by atoms with Crippen molar-refractivity contribution in [2.24, 2.45) is 5.92 Å². The van der Waals surface area contributed by atoms with E-state index in [1.54, 1.807) is 13.8 Å². The summed E-state index contributed by atoms with van der Waals surface area (Å²) in [6, 6.07) is 4.65. The van der Waals surface area contributed by atoms with Gasteiger partial charge in [0.15, 0.2) is 6.61 Å². The normalized spacial score (nSPS) is 15.6. The zero-order valence-corrected chi connectivity index (χ0v) is 20.2. The number of nitrogens with zero attached hydrogens (tertiary/aromatic N) is 1. The molecule has 184 valence electrons. The minimum absolute atomic E-state index is 0.00975. The summed E-state index contributed by atoms with van der Waals surface area (Å²) in [6.07, 6.45) is 1.75. The van der Waals surface area contributed by atoms with E-state index in [0.29, 0.717) is 19.8 Å². The monoisotopic (exact) mass is 483 g/mol. The van der Waals surface area contributed by atoms with Crippen LogP contribution in [0.2, 0.25) is 0 Å². The largest absolute Gasteiger partial charge is 0.454 e. The van der Waals surface area contributed by atoms with Crippen LogP contribution in [-0.2, 0) is 29.1 Å². The zero-order valence-electron chi connectivity index (χ0n) is 19.3. The molecule has 0 radical (unpaired) electrons. The lowest BCUT2D eigenvalue weighted by Crippen LogP contribution is -2.46. The highest BCUT2D eigenvalue weighted by molar-refractivity contribution is 7.89. The maximum Gasteiger partial charge on any atom is 0.329 e. The average molecular weight is 484 g/mol. The summed E-state index contributed by atoms with van der Waals surface area (Å²) in [5.74, 6) is -2.07. The second-order valence-electron chi connectivity index (χ2n) is 8.05. The molecule has 0 saturated carbocycles. The predicted octanol–water partition coefficient (Wildman–Crippen LogP) is 0.921. The number of hydrogen-bond acceptors (Lipinski definition) is 7. The Morgan fingerprint density at radius 2 is 1.88 bits per heavy atom. The molecule has 2 amide bonds. The molecule has 2 rings (SSSR count). The van der Waals surface area contributed by atoms with E-state index >= 15 is 0 Å². The van der Waals surface area contributed by atoms with E-state index < -0.39 is 40.5 Å². The van der Waals surface area contributed by atoms with Gasteiger partial charge < -0.3 is 20.1 Å². The molecular formula is C22H33N3O7S. The summed E-state index contributed by atoms with van der Waals surface area (Å²) in [6.45, 7) is 6.63. The molecule has 1 aromatic carbocycles. The number of morpholine rings is 1. The van der Waals surface area contributed by atoms with Crippen molar-refractivity contribution in [2.45, 2.75) is 44.6 Å². The Hall–Kier alpha value is -2.50. The molecular weight excluding hydrogens is 450 g/mol. The molecule has 0 bridgehead atoms. The minimum Gasteiger partial charge on any atom is -0.454 e. The molecule has 0 unspecified atom stereocenters. The summed E-state index contributed by atoms with van der Waals surface area (Å²) < 4.78 is 37.3. The lowest BCUT2D eigenvalue weighted by molar-refractivity contribution is -0.151. The van der Waals surface area contributed by atoms with E-state index in [1.165, 1.54) is 28.6 Å². The molecule has 1 atom stereocenters. The maximum atomic E-state index is 12.9. The van der Waals surface area contributed by atoms with Crippen LogP contribution in [0.15, 0.2) is 29.2 Å². The van der Waals surface area contributed by atoms with Gasteiger partial charge >= 0.3 is 5.97 Å². The second-order valence-corrected chi connectivity index (χ2v) is 9.99. The van der Waals surface area contributed by atoms with Crippen molar-refractivity contribution in [3.8, 4) is 0 Å². The third-order valence-electron chi connectivity index (χ3n) is 5.11. The van der Waals surface area contributed by atoms with Crippen LogP contribution in [0.25, 0.3) is 0 Å².